The number of anilines is 2. The first kappa shape index (κ1) is 27.9. The van der Waals surface area contributed by atoms with Crippen molar-refractivity contribution in [2.75, 3.05) is 10.6 Å². The molecule has 0 aromatic heterocycles. The average molecular weight is 528 g/mol. The molecule has 3 aromatic carbocycles. The first-order valence-electron chi connectivity index (χ1n) is 13.5. The molecule has 1 saturated carbocycles. The SMILES string of the molecule is CC(=O)OCc1ccc(-c2ccc(C(=O)NC3CCCCC3)c(NC(=O)Nc3c(C)cc(C)cc3C)c2)cc1. The average Bonchev–Trinajstić information content (AvgIpc) is 2.90. The molecule has 0 radical (unpaired) electrons. The molecule has 0 atom stereocenters. The molecule has 0 spiro atoms. The van der Waals surface area contributed by atoms with Gasteiger partial charge in [-0.15, -0.1) is 0 Å². The summed E-state index contributed by atoms with van der Waals surface area (Å²) in [7, 11) is 0. The second-order valence-electron chi connectivity index (χ2n) is 10.4. The van der Waals surface area contributed by atoms with Crippen molar-refractivity contribution in [2.24, 2.45) is 0 Å². The molecule has 3 amide bonds. The maximum absolute atomic E-state index is 13.3. The number of urea groups is 1. The van der Waals surface area contributed by atoms with E-state index in [2.05, 4.69) is 16.0 Å². The Kier molecular flexibility index (Phi) is 9.02. The number of ether oxygens (including phenoxy) is 1. The minimum Gasteiger partial charge on any atom is -0.461 e. The molecule has 0 bridgehead atoms. The lowest BCUT2D eigenvalue weighted by molar-refractivity contribution is -0.142. The van der Waals surface area contributed by atoms with Crippen LogP contribution in [0.3, 0.4) is 0 Å². The summed E-state index contributed by atoms with van der Waals surface area (Å²) < 4.78 is 5.07. The molecule has 39 heavy (non-hydrogen) atoms. The summed E-state index contributed by atoms with van der Waals surface area (Å²) >= 11 is 0. The highest BCUT2D eigenvalue weighted by atomic mass is 16.5. The lowest BCUT2D eigenvalue weighted by Crippen LogP contribution is -2.36. The van der Waals surface area contributed by atoms with E-state index in [0.29, 0.717) is 11.3 Å². The molecule has 204 valence electrons. The summed E-state index contributed by atoms with van der Waals surface area (Å²) in [6.07, 6.45) is 5.36. The molecule has 1 fully saturated rings. The van der Waals surface area contributed by atoms with Crippen LogP contribution in [0.25, 0.3) is 11.1 Å². The second kappa shape index (κ2) is 12.6. The third-order valence-corrected chi connectivity index (χ3v) is 7.10. The van der Waals surface area contributed by atoms with Crippen molar-refractivity contribution < 1.29 is 19.1 Å². The molecule has 0 unspecified atom stereocenters. The van der Waals surface area contributed by atoms with Crippen molar-refractivity contribution in [1.82, 2.24) is 5.32 Å². The lowest BCUT2D eigenvalue weighted by Gasteiger charge is -2.23. The summed E-state index contributed by atoms with van der Waals surface area (Å²) in [6.45, 7) is 7.54. The van der Waals surface area contributed by atoms with Crippen molar-refractivity contribution in [3.63, 3.8) is 0 Å². The van der Waals surface area contributed by atoms with Gasteiger partial charge in [0.2, 0.25) is 0 Å². The first-order valence-corrected chi connectivity index (χ1v) is 13.5. The van der Waals surface area contributed by atoms with Crippen LogP contribution in [-0.4, -0.2) is 23.9 Å². The number of hydrogen-bond donors (Lipinski definition) is 3. The van der Waals surface area contributed by atoms with Gasteiger partial charge in [-0.25, -0.2) is 4.79 Å². The van der Waals surface area contributed by atoms with Gasteiger partial charge in [0.25, 0.3) is 5.91 Å². The molecular formula is C32H37N3O4. The maximum atomic E-state index is 13.3. The van der Waals surface area contributed by atoms with Crippen molar-refractivity contribution in [2.45, 2.75) is 72.4 Å². The van der Waals surface area contributed by atoms with Gasteiger partial charge in [0.1, 0.15) is 6.61 Å². The summed E-state index contributed by atoms with van der Waals surface area (Å²) in [5, 5.41) is 9.06. The van der Waals surface area contributed by atoms with Crippen LogP contribution in [0, 0.1) is 20.8 Å². The van der Waals surface area contributed by atoms with E-state index in [1.54, 1.807) is 6.07 Å². The van der Waals surface area contributed by atoms with Gasteiger partial charge in [0, 0.05) is 18.7 Å². The van der Waals surface area contributed by atoms with E-state index in [4.69, 9.17) is 4.74 Å². The van der Waals surface area contributed by atoms with Gasteiger partial charge in [-0.1, -0.05) is 67.3 Å². The standard InChI is InChI=1S/C32H37N3O4/c1-20-16-21(2)30(22(3)17-20)35-32(38)34-29-18-26(25-12-10-24(11-13-25)19-39-23(4)36)14-15-28(29)31(37)33-27-8-6-5-7-9-27/h10-18,27H,5-9,19H2,1-4H3,(H,33,37)(H2,34,35,38). The van der Waals surface area contributed by atoms with Crippen molar-refractivity contribution in [3.8, 4) is 11.1 Å². The summed E-state index contributed by atoms with van der Waals surface area (Å²) in [5.74, 6) is -0.519. The fraction of sp³-hybridized carbons (Fsp3) is 0.344. The smallest absolute Gasteiger partial charge is 0.323 e. The number of nitrogens with one attached hydrogen (secondary N) is 3. The number of esters is 1. The second-order valence-corrected chi connectivity index (χ2v) is 10.4. The van der Waals surface area contributed by atoms with Crippen molar-refractivity contribution >= 4 is 29.3 Å². The van der Waals surface area contributed by atoms with E-state index >= 15 is 0 Å². The highest BCUT2D eigenvalue weighted by Crippen LogP contribution is 2.28. The highest BCUT2D eigenvalue weighted by Gasteiger charge is 2.20. The molecule has 7 nitrogen and oxygen atoms in total. The van der Waals surface area contributed by atoms with Gasteiger partial charge < -0.3 is 20.7 Å². The molecule has 3 aromatic rings. The third-order valence-electron chi connectivity index (χ3n) is 7.10. The van der Waals surface area contributed by atoms with Crippen molar-refractivity contribution in [3.05, 3.63) is 82.4 Å². The van der Waals surface area contributed by atoms with E-state index in [-0.39, 0.29) is 24.5 Å². The number of benzene rings is 3. The van der Waals surface area contributed by atoms with Gasteiger partial charge in [-0.3, -0.25) is 9.59 Å². The van der Waals surface area contributed by atoms with Gasteiger partial charge in [-0.2, -0.15) is 0 Å². The minimum absolute atomic E-state index is 0.148. The van der Waals surface area contributed by atoms with Gasteiger partial charge in [-0.05, 0) is 73.6 Å². The van der Waals surface area contributed by atoms with E-state index < -0.39 is 6.03 Å². The molecule has 0 saturated heterocycles. The summed E-state index contributed by atoms with van der Waals surface area (Å²) in [6, 6.07) is 16.9. The topological polar surface area (TPSA) is 96.5 Å². The largest absolute Gasteiger partial charge is 0.461 e. The van der Waals surface area contributed by atoms with Crippen LogP contribution in [0.1, 0.15) is 71.6 Å². The van der Waals surface area contributed by atoms with Crippen LogP contribution in [0.2, 0.25) is 0 Å². The van der Waals surface area contributed by atoms with Gasteiger partial charge in [0.15, 0.2) is 0 Å². The number of amides is 3. The van der Waals surface area contributed by atoms with Crippen LogP contribution < -0.4 is 16.0 Å². The Morgan fingerprint density at radius 3 is 2.10 bits per heavy atom. The van der Waals surface area contributed by atoms with E-state index in [0.717, 1.165) is 64.8 Å². The molecule has 1 aliphatic carbocycles. The quantitative estimate of drug-likeness (QED) is 0.287. The zero-order valence-corrected chi connectivity index (χ0v) is 23.1. The van der Waals surface area contributed by atoms with E-state index in [1.807, 2.05) is 69.3 Å². The van der Waals surface area contributed by atoms with Gasteiger partial charge >= 0.3 is 12.0 Å². The van der Waals surface area contributed by atoms with Crippen LogP contribution in [0.15, 0.2) is 54.6 Å². The molecule has 0 aliphatic heterocycles. The van der Waals surface area contributed by atoms with Crippen LogP contribution >= 0.6 is 0 Å². The highest BCUT2D eigenvalue weighted by molar-refractivity contribution is 6.07. The molecular weight excluding hydrogens is 490 g/mol. The number of rotatable bonds is 7. The fourth-order valence-electron chi connectivity index (χ4n) is 5.16. The summed E-state index contributed by atoms with van der Waals surface area (Å²) in [4.78, 5) is 37.6. The lowest BCUT2D eigenvalue weighted by atomic mass is 9.95. The predicted molar refractivity (Wildman–Crippen MR) is 155 cm³/mol. The Hall–Kier alpha value is -4.13. The monoisotopic (exact) mass is 527 g/mol. The van der Waals surface area contributed by atoms with Crippen LogP contribution in [0.4, 0.5) is 16.2 Å². The fourth-order valence-corrected chi connectivity index (χ4v) is 5.16. The Labute approximate surface area is 230 Å². The molecule has 7 heteroatoms. The van der Waals surface area contributed by atoms with E-state index in [9.17, 15) is 14.4 Å². The Bertz CT molecular complexity index is 1340. The Morgan fingerprint density at radius 1 is 0.821 bits per heavy atom. The first-order chi connectivity index (χ1) is 18.7. The van der Waals surface area contributed by atoms with Gasteiger partial charge in [0.05, 0.1) is 11.3 Å². The Balaban J connectivity index is 1.60. The number of carbonyl (C=O) groups is 3. The number of carbonyl (C=O) groups excluding carboxylic acids is 3. The Morgan fingerprint density at radius 2 is 1.46 bits per heavy atom. The third kappa shape index (κ3) is 7.47. The molecule has 1 aliphatic rings. The normalized spacial score (nSPS) is 13.4. The predicted octanol–water partition coefficient (Wildman–Crippen LogP) is 7.05. The molecule has 4 rings (SSSR count). The molecule has 0 heterocycles. The number of hydrogen-bond acceptors (Lipinski definition) is 4. The molecule has 3 N–H and O–H groups in total. The van der Waals surface area contributed by atoms with E-state index in [1.165, 1.54) is 13.3 Å². The van der Waals surface area contributed by atoms with Crippen LogP contribution in [0.5, 0.6) is 0 Å². The maximum Gasteiger partial charge on any atom is 0.323 e. The zero-order valence-electron chi connectivity index (χ0n) is 23.1. The van der Waals surface area contributed by atoms with Crippen LogP contribution in [-0.2, 0) is 16.1 Å². The number of aryl methyl sites for hydroxylation is 3. The van der Waals surface area contributed by atoms with Crippen molar-refractivity contribution in [1.29, 1.82) is 0 Å². The summed E-state index contributed by atoms with van der Waals surface area (Å²) in [5.41, 5.74) is 7.32. The zero-order chi connectivity index (χ0) is 27.9. The minimum atomic E-state index is -0.411.